The van der Waals surface area contributed by atoms with E-state index in [4.69, 9.17) is 4.98 Å². The summed E-state index contributed by atoms with van der Waals surface area (Å²) in [6.07, 6.45) is 1.80. The summed E-state index contributed by atoms with van der Waals surface area (Å²) in [5.74, 6) is 0.355. The van der Waals surface area contributed by atoms with E-state index in [0.717, 1.165) is 39.3 Å². The van der Waals surface area contributed by atoms with Gasteiger partial charge in [-0.15, -0.1) is 0 Å². The summed E-state index contributed by atoms with van der Waals surface area (Å²) in [5, 5.41) is 10.6. The van der Waals surface area contributed by atoms with Crippen LogP contribution < -0.4 is 0 Å². The number of aromatic hydroxyl groups is 1. The molecule has 0 aliphatic rings. The zero-order chi connectivity index (χ0) is 22.6. The fourth-order valence-corrected chi connectivity index (χ4v) is 4.16. The molecule has 0 fully saturated rings. The van der Waals surface area contributed by atoms with E-state index in [2.05, 4.69) is 66.5 Å². The lowest BCUT2D eigenvalue weighted by molar-refractivity contribution is 0.477. The SMILES string of the molecule is CC(c1ccccc1)c1ccc(-c2cccc(-c3ccccn3)c2)nc1-c1ccccc1O. The Morgan fingerprint density at radius 3 is 2.15 bits per heavy atom. The van der Waals surface area contributed by atoms with Crippen LogP contribution in [0.15, 0.2) is 115 Å². The zero-order valence-corrected chi connectivity index (χ0v) is 18.4. The average molecular weight is 429 g/mol. The minimum Gasteiger partial charge on any atom is -0.507 e. The summed E-state index contributed by atoms with van der Waals surface area (Å²) in [4.78, 5) is 9.55. The third-order valence-electron chi connectivity index (χ3n) is 5.97. The van der Waals surface area contributed by atoms with E-state index in [1.807, 2.05) is 48.5 Å². The smallest absolute Gasteiger partial charge is 0.124 e. The van der Waals surface area contributed by atoms with E-state index in [9.17, 15) is 5.11 Å². The second kappa shape index (κ2) is 9.09. The van der Waals surface area contributed by atoms with Crippen molar-refractivity contribution < 1.29 is 5.11 Å². The molecule has 1 N–H and O–H groups in total. The molecule has 0 spiro atoms. The van der Waals surface area contributed by atoms with E-state index < -0.39 is 0 Å². The van der Waals surface area contributed by atoms with Gasteiger partial charge >= 0.3 is 0 Å². The lowest BCUT2D eigenvalue weighted by Crippen LogP contribution is -2.02. The molecule has 5 rings (SSSR count). The van der Waals surface area contributed by atoms with Gasteiger partial charge in [0.1, 0.15) is 5.75 Å². The van der Waals surface area contributed by atoms with Crippen LogP contribution in [0.25, 0.3) is 33.8 Å². The second-order valence-electron chi connectivity index (χ2n) is 8.08. The first-order valence-electron chi connectivity index (χ1n) is 11.1. The molecule has 5 aromatic rings. The Kier molecular flexibility index (Phi) is 5.69. The molecule has 2 heterocycles. The van der Waals surface area contributed by atoms with Gasteiger partial charge in [0, 0.05) is 28.8 Å². The van der Waals surface area contributed by atoms with Crippen molar-refractivity contribution in [2.45, 2.75) is 12.8 Å². The van der Waals surface area contributed by atoms with Crippen molar-refractivity contribution in [2.75, 3.05) is 0 Å². The topological polar surface area (TPSA) is 46.0 Å². The van der Waals surface area contributed by atoms with Gasteiger partial charge in [0.25, 0.3) is 0 Å². The maximum atomic E-state index is 10.6. The number of pyridine rings is 2. The van der Waals surface area contributed by atoms with Gasteiger partial charge in [0.2, 0.25) is 0 Å². The number of nitrogens with zero attached hydrogens (tertiary/aromatic N) is 2. The highest BCUT2D eigenvalue weighted by molar-refractivity contribution is 5.75. The van der Waals surface area contributed by atoms with Crippen molar-refractivity contribution in [1.29, 1.82) is 0 Å². The summed E-state index contributed by atoms with van der Waals surface area (Å²) in [7, 11) is 0. The average Bonchev–Trinajstić information content (AvgIpc) is 2.89. The van der Waals surface area contributed by atoms with Crippen LogP contribution in [-0.2, 0) is 0 Å². The van der Waals surface area contributed by atoms with E-state index >= 15 is 0 Å². The van der Waals surface area contributed by atoms with Crippen LogP contribution in [0.2, 0.25) is 0 Å². The third kappa shape index (κ3) is 4.26. The number of aromatic nitrogens is 2. The Morgan fingerprint density at radius 2 is 1.39 bits per heavy atom. The molecule has 1 unspecified atom stereocenters. The predicted octanol–water partition coefficient (Wildman–Crippen LogP) is 7.34. The number of benzene rings is 3. The third-order valence-corrected chi connectivity index (χ3v) is 5.97. The standard InChI is InChI=1S/C30H24N2O/c1-21(22-10-3-2-4-11-22)25-17-18-28(32-30(25)26-14-5-6-16-29(26)33)24-13-9-12-23(20-24)27-15-7-8-19-31-27/h2-21,33H,1H3. The molecule has 0 saturated carbocycles. The van der Waals surface area contributed by atoms with E-state index in [-0.39, 0.29) is 11.7 Å². The lowest BCUT2D eigenvalue weighted by Gasteiger charge is -2.18. The largest absolute Gasteiger partial charge is 0.507 e. The maximum Gasteiger partial charge on any atom is 0.124 e. The van der Waals surface area contributed by atoms with E-state index in [1.54, 1.807) is 12.3 Å². The molecule has 3 nitrogen and oxygen atoms in total. The normalized spacial score (nSPS) is 11.8. The van der Waals surface area contributed by atoms with Gasteiger partial charge in [-0.25, -0.2) is 4.98 Å². The minimum absolute atomic E-state index is 0.127. The maximum absolute atomic E-state index is 10.6. The molecule has 160 valence electrons. The Bertz CT molecular complexity index is 1380. The quantitative estimate of drug-likeness (QED) is 0.319. The molecular weight excluding hydrogens is 404 g/mol. The number of phenolic OH excluding ortho intramolecular Hbond substituents is 1. The first-order chi connectivity index (χ1) is 16.2. The number of para-hydroxylation sites is 1. The van der Waals surface area contributed by atoms with Gasteiger partial charge in [-0.05, 0) is 47.5 Å². The van der Waals surface area contributed by atoms with Gasteiger partial charge in [0.05, 0.1) is 17.1 Å². The van der Waals surface area contributed by atoms with Crippen molar-refractivity contribution in [3.8, 4) is 39.5 Å². The summed E-state index contributed by atoms with van der Waals surface area (Å²) < 4.78 is 0. The van der Waals surface area contributed by atoms with Gasteiger partial charge in [-0.1, -0.05) is 79.7 Å². The van der Waals surface area contributed by atoms with Crippen molar-refractivity contribution >= 4 is 0 Å². The highest BCUT2D eigenvalue weighted by atomic mass is 16.3. The molecular formula is C30H24N2O. The molecule has 0 amide bonds. The molecule has 33 heavy (non-hydrogen) atoms. The van der Waals surface area contributed by atoms with E-state index in [1.165, 1.54) is 5.56 Å². The summed E-state index contributed by atoms with van der Waals surface area (Å²) >= 11 is 0. The number of rotatable bonds is 5. The van der Waals surface area contributed by atoms with E-state index in [0.29, 0.717) is 0 Å². The molecule has 1 atom stereocenters. The Morgan fingerprint density at radius 1 is 0.667 bits per heavy atom. The molecule has 2 aromatic heterocycles. The van der Waals surface area contributed by atoms with Crippen LogP contribution in [0, 0.1) is 0 Å². The van der Waals surface area contributed by atoms with Crippen molar-refractivity contribution in [3.05, 3.63) is 127 Å². The summed E-state index contributed by atoms with van der Waals surface area (Å²) in [6, 6.07) is 36.2. The van der Waals surface area contributed by atoms with Crippen LogP contribution in [-0.4, -0.2) is 15.1 Å². The first kappa shape index (κ1) is 20.7. The van der Waals surface area contributed by atoms with Gasteiger partial charge in [-0.3, -0.25) is 4.98 Å². The van der Waals surface area contributed by atoms with Crippen molar-refractivity contribution in [1.82, 2.24) is 9.97 Å². The van der Waals surface area contributed by atoms with Crippen LogP contribution in [0.5, 0.6) is 5.75 Å². The number of hydrogen-bond donors (Lipinski definition) is 1. The fourth-order valence-electron chi connectivity index (χ4n) is 4.16. The molecule has 0 bridgehead atoms. The highest BCUT2D eigenvalue weighted by Gasteiger charge is 2.18. The van der Waals surface area contributed by atoms with Crippen LogP contribution >= 0.6 is 0 Å². The van der Waals surface area contributed by atoms with Gasteiger partial charge in [-0.2, -0.15) is 0 Å². The van der Waals surface area contributed by atoms with Crippen LogP contribution in [0.3, 0.4) is 0 Å². The Hall–Kier alpha value is -4.24. The van der Waals surface area contributed by atoms with Crippen molar-refractivity contribution in [3.63, 3.8) is 0 Å². The molecule has 0 aliphatic carbocycles. The Balaban J connectivity index is 1.64. The molecule has 3 heteroatoms. The highest BCUT2D eigenvalue weighted by Crippen LogP contribution is 2.37. The number of phenols is 1. The molecule has 0 radical (unpaired) electrons. The van der Waals surface area contributed by atoms with Gasteiger partial charge in [0.15, 0.2) is 0 Å². The van der Waals surface area contributed by atoms with Crippen LogP contribution in [0.4, 0.5) is 0 Å². The first-order valence-corrected chi connectivity index (χ1v) is 11.1. The Labute approximate surface area is 194 Å². The predicted molar refractivity (Wildman–Crippen MR) is 134 cm³/mol. The minimum atomic E-state index is 0.127. The second-order valence-corrected chi connectivity index (χ2v) is 8.08. The number of hydrogen-bond acceptors (Lipinski definition) is 3. The summed E-state index contributed by atoms with van der Waals surface area (Å²) in [6.45, 7) is 2.18. The van der Waals surface area contributed by atoms with Gasteiger partial charge < -0.3 is 5.11 Å². The fraction of sp³-hybridized carbons (Fsp3) is 0.0667. The van der Waals surface area contributed by atoms with Crippen LogP contribution in [0.1, 0.15) is 24.0 Å². The summed E-state index contributed by atoms with van der Waals surface area (Å²) in [5.41, 5.74) is 7.65. The lowest BCUT2D eigenvalue weighted by atomic mass is 9.89. The monoisotopic (exact) mass is 428 g/mol. The van der Waals surface area contributed by atoms with Crippen molar-refractivity contribution in [2.24, 2.45) is 0 Å². The molecule has 3 aromatic carbocycles. The molecule has 0 aliphatic heterocycles. The molecule has 0 saturated heterocycles. The zero-order valence-electron chi connectivity index (χ0n) is 18.4.